The van der Waals surface area contributed by atoms with Crippen molar-refractivity contribution in [1.29, 1.82) is 0 Å². The van der Waals surface area contributed by atoms with Crippen molar-refractivity contribution in [2.75, 3.05) is 13.1 Å². The molecule has 2 saturated carbocycles. The molecule has 1 heterocycles. The van der Waals surface area contributed by atoms with Crippen LogP contribution >= 0.6 is 0 Å². The average Bonchev–Trinajstić information content (AvgIpc) is 3.22. The molecule has 7 nitrogen and oxygen atoms in total. The first kappa shape index (κ1) is 17.0. The topological polar surface area (TPSA) is 110 Å². The summed E-state index contributed by atoms with van der Waals surface area (Å²) in [6.45, 7) is 2.92. The SMILES string of the molecule is C[C@@H](N)CC(=O)NCC1(CNC(=O)c2cc(C3CC3)on2)CCC1. The zero-order chi connectivity index (χ0) is 17.2. The molecule has 24 heavy (non-hydrogen) atoms. The predicted octanol–water partition coefficient (Wildman–Crippen LogP) is 1.31. The van der Waals surface area contributed by atoms with Gasteiger partial charge in [-0.1, -0.05) is 11.6 Å². The minimum absolute atomic E-state index is 0.0341. The zero-order valence-electron chi connectivity index (χ0n) is 14.1. The second-order valence-corrected chi connectivity index (χ2v) is 7.38. The van der Waals surface area contributed by atoms with E-state index in [9.17, 15) is 9.59 Å². The van der Waals surface area contributed by atoms with Gasteiger partial charge in [-0.2, -0.15) is 0 Å². The predicted molar refractivity (Wildman–Crippen MR) is 88.4 cm³/mol. The first-order chi connectivity index (χ1) is 11.5. The van der Waals surface area contributed by atoms with Crippen molar-refractivity contribution in [2.24, 2.45) is 11.1 Å². The van der Waals surface area contributed by atoms with E-state index in [1.807, 2.05) is 6.92 Å². The summed E-state index contributed by atoms with van der Waals surface area (Å²) in [6.07, 6.45) is 5.66. The van der Waals surface area contributed by atoms with Crippen LogP contribution in [0.2, 0.25) is 0 Å². The van der Waals surface area contributed by atoms with Crippen LogP contribution in [0.3, 0.4) is 0 Å². The lowest BCUT2D eigenvalue weighted by Gasteiger charge is -2.42. The van der Waals surface area contributed by atoms with Crippen molar-refractivity contribution in [3.63, 3.8) is 0 Å². The summed E-state index contributed by atoms with van der Waals surface area (Å²) in [7, 11) is 0. The fourth-order valence-corrected chi connectivity index (χ4v) is 3.06. The molecular weight excluding hydrogens is 308 g/mol. The highest BCUT2D eigenvalue weighted by atomic mass is 16.5. The quantitative estimate of drug-likeness (QED) is 0.664. The largest absolute Gasteiger partial charge is 0.360 e. The Bertz CT molecular complexity index is 603. The monoisotopic (exact) mass is 334 g/mol. The van der Waals surface area contributed by atoms with Crippen molar-refractivity contribution in [3.05, 3.63) is 17.5 Å². The van der Waals surface area contributed by atoms with E-state index in [1.54, 1.807) is 6.07 Å². The Labute approximate surface area is 141 Å². The van der Waals surface area contributed by atoms with Crippen molar-refractivity contribution in [1.82, 2.24) is 15.8 Å². The first-order valence-corrected chi connectivity index (χ1v) is 8.74. The van der Waals surface area contributed by atoms with Gasteiger partial charge in [0.05, 0.1) is 0 Å². The number of carbonyl (C=O) groups excluding carboxylic acids is 2. The number of hydrogen-bond acceptors (Lipinski definition) is 5. The highest BCUT2D eigenvalue weighted by Crippen LogP contribution is 2.41. The third-order valence-electron chi connectivity index (χ3n) is 4.95. The van der Waals surface area contributed by atoms with Crippen molar-refractivity contribution >= 4 is 11.8 Å². The number of hydrogen-bond donors (Lipinski definition) is 3. The van der Waals surface area contributed by atoms with Gasteiger partial charge in [0.1, 0.15) is 5.76 Å². The minimum atomic E-state index is -0.209. The summed E-state index contributed by atoms with van der Waals surface area (Å²) in [5.74, 6) is 1.01. The lowest BCUT2D eigenvalue weighted by molar-refractivity contribution is -0.122. The molecule has 2 amide bonds. The smallest absolute Gasteiger partial charge is 0.273 e. The van der Waals surface area contributed by atoms with Crippen LogP contribution in [0.25, 0.3) is 0 Å². The maximum atomic E-state index is 12.2. The van der Waals surface area contributed by atoms with Gasteiger partial charge in [0, 0.05) is 43.0 Å². The van der Waals surface area contributed by atoms with E-state index < -0.39 is 0 Å². The Morgan fingerprint density at radius 2 is 2.08 bits per heavy atom. The molecule has 2 aliphatic rings. The lowest BCUT2D eigenvalue weighted by Crippen LogP contribution is -2.49. The Hall–Kier alpha value is -1.89. The molecule has 0 aromatic carbocycles. The molecule has 4 N–H and O–H groups in total. The minimum Gasteiger partial charge on any atom is -0.360 e. The molecule has 1 aromatic heterocycles. The third kappa shape index (κ3) is 4.14. The van der Waals surface area contributed by atoms with Gasteiger partial charge < -0.3 is 20.9 Å². The lowest BCUT2D eigenvalue weighted by atomic mass is 9.68. The van der Waals surface area contributed by atoms with E-state index in [0.717, 1.165) is 37.9 Å². The Kier molecular flexibility index (Phi) is 4.89. The van der Waals surface area contributed by atoms with Gasteiger partial charge in [-0.05, 0) is 32.6 Å². The van der Waals surface area contributed by atoms with Crippen molar-refractivity contribution in [2.45, 2.75) is 57.4 Å². The number of nitrogens with one attached hydrogen (secondary N) is 2. The van der Waals surface area contributed by atoms with Crippen LogP contribution in [-0.2, 0) is 4.79 Å². The second-order valence-electron chi connectivity index (χ2n) is 7.38. The highest BCUT2D eigenvalue weighted by molar-refractivity contribution is 5.92. The number of rotatable bonds is 8. The highest BCUT2D eigenvalue weighted by Gasteiger charge is 2.38. The zero-order valence-corrected chi connectivity index (χ0v) is 14.1. The number of carbonyl (C=O) groups is 2. The standard InChI is InChI=1S/C17H26N4O3/c1-11(18)7-15(22)19-9-17(5-2-6-17)10-20-16(23)13-8-14(24-21-13)12-3-4-12/h8,11-12H,2-7,9-10,18H2,1H3,(H,19,22)(H,20,23)/t11-/m1/s1. The Morgan fingerprint density at radius 1 is 1.38 bits per heavy atom. The van der Waals surface area contributed by atoms with Gasteiger partial charge in [-0.25, -0.2) is 0 Å². The number of nitrogens with zero attached hydrogens (tertiary/aromatic N) is 1. The molecular formula is C17H26N4O3. The summed E-state index contributed by atoms with van der Waals surface area (Å²) < 4.78 is 5.22. The van der Waals surface area contributed by atoms with E-state index in [0.29, 0.717) is 31.1 Å². The molecule has 1 aromatic rings. The second kappa shape index (κ2) is 6.93. The van der Waals surface area contributed by atoms with E-state index in [4.69, 9.17) is 10.3 Å². The van der Waals surface area contributed by atoms with Gasteiger partial charge in [0.25, 0.3) is 5.91 Å². The van der Waals surface area contributed by atoms with Crippen molar-refractivity contribution < 1.29 is 14.1 Å². The number of nitrogens with two attached hydrogens (primary N) is 1. The summed E-state index contributed by atoms with van der Waals surface area (Å²) in [5, 5.41) is 9.74. The van der Waals surface area contributed by atoms with Crippen LogP contribution in [-0.4, -0.2) is 36.1 Å². The normalized spacial score (nSPS) is 20.1. The molecule has 1 atom stereocenters. The number of amides is 2. The molecule has 0 unspecified atom stereocenters. The summed E-state index contributed by atoms with van der Waals surface area (Å²) in [5.41, 5.74) is 5.93. The van der Waals surface area contributed by atoms with Gasteiger partial charge in [0.2, 0.25) is 5.91 Å². The molecule has 3 rings (SSSR count). The van der Waals surface area contributed by atoms with Crippen molar-refractivity contribution in [3.8, 4) is 0 Å². The molecule has 132 valence electrons. The molecule has 2 aliphatic carbocycles. The molecule has 2 fully saturated rings. The summed E-state index contributed by atoms with van der Waals surface area (Å²) in [4.78, 5) is 24.0. The van der Waals surface area contributed by atoms with Crippen LogP contribution in [0.15, 0.2) is 10.6 Å². The van der Waals surface area contributed by atoms with Gasteiger partial charge in [0.15, 0.2) is 5.69 Å². The van der Waals surface area contributed by atoms with E-state index >= 15 is 0 Å². The van der Waals surface area contributed by atoms with Gasteiger partial charge >= 0.3 is 0 Å². The van der Waals surface area contributed by atoms with Crippen LogP contribution < -0.4 is 16.4 Å². The molecule has 0 saturated heterocycles. The molecule has 0 radical (unpaired) electrons. The van der Waals surface area contributed by atoms with E-state index in [-0.39, 0.29) is 23.3 Å². The molecule has 0 spiro atoms. The van der Waals surface area contributed by atoms with Crippen LogP contribution in [0.4, 0.5) is 0 Å². The molecule has 0 bridgehead atoms. The fraction of sp³-hybridized carbons (Fsp3) is 0.706. The summed E-state index contributed by atoms with van der Waals surface area (Å²) >= 11 is 0. The number of aromatic nitrogens is 1. The maximum Gasteiger partial charge on any atom is 0.273 e. The van der Waals surface area contributed by atoms with Crippen LogP contribution in [0.1, 0.15) is 67.6 Å². The molecule has 7 heteroatoms. The van der Waals surface area contributed by atoms with Crippen LogP contribution in [0, 0.1) is 5.41 Å². The Morgan fingerprint density at radius 3 is 2.67 bits per heavy atom. The van der Waals surface area contributed by atoms with E-state index in [1.165, 1.54) is 0 Å². The third-order valence-corrected chi connectivity index (χ3v) is 4.95. The fourth-order valence-electron chi connectivity index (χ4n) is 3.06. The van der Waals surface area contributed by atoms with Gasteiger partial charge in [-0.3, -0.25) is 9.59 Å². The average molecular weight is 334 g/mol. The Balaban J connectivity index is 1.47. The van der Waals surface area contributed by atoms with Gasteiger partial charge in [-0.15, -0.1) is 0 Å². The van der Waals surface area contributed by atoms with E-state index in [2.05, 4.69) is 15.8 Å². The maximum absolute atomic E-state index is 12.2. The first-order valence-electron chi connectivity index (χ1n) is 8.74. The van der Waals surface area contributed by atoms with Crippen LogP contribution in [0.5, 0.6) is 0 Å². The molecule has 0 aliphatic heterocycles. The summed E-state index contributed by atoms with van der Waals surface area (Å²) in [6, 6.07) is 1.60.